The van der Waals surface area contributed by atoms with Crippen molar-refractivity contribution >= 4 is 5.69 Å². The van der Waals surface area contributed by atoms with Gasteiger partial charge in [-0.3, -0.25) is 4.98 Å². The second kappa shape index (κ2) is 5.24. The number of aryl methyl sites for hydroxylation is 1. The standard InChI is InChI=1S/C14H22N2O2/c1-11-4-5-13(8-15-11)16-6-7-18-10-12(9-16)14(2,3)17/h4-5,8,12,17H,6-7,9-10H2,1-3H3. The third kappa shape index (κ3) is 3.21. The van der Waals surface area contributed by atoms with E-state index in [-0.39, 0.29) is 5.92 Å². The molecular weight excluding hydrogens is 228 g/mol. The maximum atomic E-state index is 10.2. The van der Waals surface area contributed by atoms with E-state index in [9.17, 15) is 5.11 Å². The second-order valence-electron chi connectivity index (χ2n) is 5.53. The summed E-state index contributed by atoms with van der Waals surface area (Å²) in [5, 5.41) is 10.2. The first kappa shape index (κ1) is 13.3. The first-order valence-corrected chi connectivity index (χ1v) is 6.44. The summed E-state index contributed by atoms with van der Waals surface area (Å²) in [5.74, 6) is 0.112. The van der Waals surface area contributed by atoms with Crippen LogP contribution in [0.3, 0.4) is 0 Å². The second-order valence-corrected chi connectivity index (χ2v) is 5.53. The Bertz CT molecular complexity index is 384. The number of hydrogen-bond acceptors (Lipinski definition) is 4. The Balaban J connectivity index is 2.14. The SMILES string of the molecule is Cc1ccc(N2CCOCC(C(C)(C)O)C2)cn1. The Morgan fingerprint density at radius 3 is 2.83 bits per heavy atom. The van der Waals surface area contributed by atoms with Gasteiger partial charge in [-0.1, -0.05) is 0 Å². The molecule has 0 saturated carbocycles. The number of hydrogen-bond donors (Lipinski definition) is 1. The molecule has 1 N–H and O–H groups in total. The van der Waals surface area contributed by atoms with E-state index in [4.69, 9.17) is 4.74 Å². The molecule has 0 bridgehead atoms. The summed E-state index contributed by atoms with van der Waals surface area (Å²) in [4.78, 5) is 6.57. The van der Waals surface area contributed by atoms with Crippen molar-refractivity contribution in [1.82, 2.24) is 4.98 Å². The molecule has 1 unspecified atom stereocenters. The maximum absolute atomic E-state index is 10.2. The van der Waals surface area contributed by atoms with Gasteiger partial charge in [0.05, 0.1) is 30.7 Å². The molecule has 0 radical (unpaired) electrons. The molecule has 4 nitrogen and oxygen atoms in total. The molecule has 2 rings (SSSR count). The number of aliphatic hydroxyl groups is 1. The molecule has 18 heavy (non-hydrogen) atoms. The summed E-state index contributed by atoms with van der Waals surface area (Å²) in [5.41, 5.74) is 1.39. The van der Waals surface area contributed by atoms with Crippen LogP contribution in [0.1, 0.15) is 19.5 Å². The molecule has 2 heterocycles. The van der Waals surface area contributed by atoms with E-state index >= 15 is 0 Å². The third-order valence-corrected chi connectivity index (χ3v) is 3.53. The lowest BCUT2D eigenvalue weighted by Crippen LogP contribution is -2.41. The van der Waals surface area contributed by atoms with Crippen LogP contribution in [0.2, 0.25) is 0 Å². The van der Waals surface area contributed by atoms with Gasteiger partial charge in [-0.05, 0) is 32.9 Å². The molecule has 0 spiro atoms. The average molecular weight is 250 g/mol. The molecule has 1 aromatic rings. The first-order chi connectivity index (χ1) is 8.47. The third-order valence-electron chi connectivity index (χ3n) is 3.53. The van der Waals surface area contributed by atoms with Crippen LogP contribution in [-0.2, 0) is 4.74 Å². The Morgan fingerprint density at radius 2 is 2.22 bits per heavy atom. The normalized spacial score (nSPS) is 21.8. The summed E-state index contributed by atoms with van der Waals surface area (Å²) < 4.78 is 5.59. The van der Waals surface area contributed by atoms with E-state index in [2.05, 4.69) is 16.0 Å². The van der Waals surface area contributed by atoms with Crippen molar-refractivity contribution in [2.75, 3.05) is 31.2 Å². The predicted molar refractivity (Wildman–Crippen MR) is 71.8 cm³/mol. The smallest absolute Gasteiger partial charge is 0.0658 e. The van der Waals surface area contributed by atoms with Gasteiger partial charge in [0.1, 0.15) is 0 Å². The van der Waals surface area contributed by atoms with Crippen LogP contribution in [0.5, 0.6) is 0 Å². The van der Waals surface area contributed by atoms with Crippen molar-refractivity contribution in [2.45, 2.75) is 26.4 Å². The Hall–Kier alpha value is -1.13. The highest BCUT2D eigenvalue weighted by Crippen LogP contribution is 2.23. The fraction of sp³-hybridized carbons (Fsp3) is 0.643. The lowest BCUT2D eigenvalue weighted by molar-refractivity contribution is -0.0158. The predicted octanol–water partition coefficient (Wildman–Crippen LogP) is 1.61. The first-order valence-electron chi connectivity index (χ1n) is 6.44. The fourth-order valence-corrected chi connectivity index (χ4v) is 2.12. The lowest BCUT2D eigenvalue weighted by atomic mass is 9.91. The molecule has 4 heteroatoms. The van der Waals surface area contributed by atoms with Crippen LogP contribution in [-0.4, -0.2) is 42.0 Å². The van der Waals surface area contributed by atoms with Crippen molar-refractivity contribution in [3.05, 3.63) is 24.0 Å². The number of aromatic nitrogens is 1. The molecule has 1 aliphatic heterocycles. The van der Waals surface area contributed by atoms with Crippen molar-refractivity contribution < 1.29 is 9.84 Å². The highest BCUT2D eigenvalue weighted by molar-refractivity contribution is 5.44. The molecule has 0 aliphatic carbocycles. The van der Waals surface area contributed by atoms with Crippen LogP contribution < -0.4 is 4.90 Å². The van der Waals surface area contributed by atoms with Crippen LogP contribution in [0.15, 0.2) is 18.3 Å². The van der Waals surface area contributed by atoms with Crippen LogP contribution in [0, 0.1) is 12.8 Å². The van der Waals surface area contributed by atoms with Gasteiger partial charge in [0, 0.05) is 24.7 Å². The van der Waals surface area contributed by atoms with Crippen molar-refractivity contribution in [3.63, 3.8) is 0 Å². The Morgan fingerprint density at radius 1 is 1.44 bits per heavy atom. The molecule has 100 valence electrons. The van der Waals surface area contributed by atoms with Crippen molar-refractivity contribution in [3.8, 4) is 0 Å². The van der Waals surface area contributed by atoms with Crippen LogP contribution >= 0.6 is 0 Å². The summed E-state index contributed by atoms with van der Waals surface area (Å²) in [7, 11) is 0. The Labute approximate surface area is 109 Å². The fourth-order valence-electron chi connectivity index (χ4n) is 2.12. The topological polar surface area (TPSA) is 45.6 Å². The quantitative estimate of drug-likeness (QED) is 0.866. The highest BCUT2D eigenvalue weighted by atomic mass is 16.5. The zero-order chi connectivity index (χ0) is 13.2. The number of anilines is 1. The number of rotatable bonds is 2. The summed E-state index contributed by atoms with van der Waals surface area (Å²) in [6, 6.07) is 4.09. The van der Waals surface area contributed by atoms with E-state index < -0.39 is 5.60 Å². The van der Waals surface area contributed by atoms with Crippen LogP contribution in [0.25, 0.3) is 0 Å². The number of ether oxygens (including phenoxy) is 1. The molecule has 1 fully saturated rings. The average Bonchev–Trinajstić information content (AvgIpc) is 2.55. The van der Waals surface area contributed by atoms with Gasteiger partial charge in [0.2, 0.25) is 0 Å². The molecule has 0 amide bonds. The largest absolute Gasteiger partial charge is 0.390 e. The van der Waals surface area contributed by atoms with Gasteiger partial charge >= 0.3 is 0 Å². The van der Waals surface area contributed by atoms with Gasteiger partial charge in [0.15, 0.2) is 0 Å². The molecule has 0 aromatic carbocycles. The lowest BCUT2D eigenvalue weighted by Gasteiger charge is -2.32. The Kier molecular flexibility index (Phi) is 3.88. The molecule has 1 aromatic heterocycles. The highest BCUT2D eigenvalue weighted by Gasteiger charge is 2.30. The van der Waals surface area contributed by atoms with E-state index in [0.29, 0.717) is 13.2 Å². The minimum atomic E-state index is -0.722. The summed E-state index contributed by atoms with van der Waals surface area (Å²) >= 11 is 0. The zero-order valence-corrected chi connectivity index (χ0v) is 11.4. The maximum Gasteiger partial charge on any atom is 0.0658 e. The van der Waals surface area contributed by atoms with Gasteiger partial charge in [-0.2, -0.15) is 0 Å². The van der Waals surface area contributed by atoms with Gasteiger partial charge in [-0.15, -0.1) is 0 Å². The van der Waals surface area contributed by atoms with Crippen molar-refractivity contribution in [1.29, 1.82) is 0 Å². The van der Waals surface area contributed by atoms with Gasteiger partial charge in [0.25, 0.3) is 0 Å². The summed E-state index contributed by atoms with van der Waals surface area (Å²) in [6.45, 7) is 8.62. The molecular formula is C14H22N2O2. The zero-order valence-electron chi connectivity index (χ0n) is 11.4. The van der Waals surface area contributed by atoms with Gasteiger partial charge in [-0.25, -0.2) is 0 Å². The summed E-state index contributed by atoms with van der Waals surface area (Å²) in [6.07, 6.45) is 1.89. The number of pyridine rings is 1. The number of nitrogens with zero attached hydrogens (tertiary/aromatic N) is 2. The molecule has 1 saturated heterocycles. The minimum absolute atomic E-state index is 0.112. The van der Waals surface area contributed by atoms with E-state index in [0.717, 1.165) is 24.5 Å². The van der Waals surface area contributed by atoms with E-state index in [1.807, 2.05) is 33.0 Å². The monoisotopic (exact) mass is 250 g/mol. The van der Waals surface area contributed by atoms with E-state index in [1.165, 1.54) is 0 Å². The van der Waals surface area contributed by atoms with Crippen LogP contribution in [0.4, 0.5) is 5.69 Å². The molecule has 1 atom stereocenters. The van der Waals surface area contributed by atoms with Crippen molar-refractivity contribution in [2.24, 2.45) is 5.92 Å². The minimum Gasteiger partial charge on any atom is -0.390 e. The molecule has 1 aliphatic rings. The van der Waals surface area contributed by atoms with Gasteiger partial charge < -0.3 is 14.7 Å². The van der Waals surface area contributed by atoms with E-state index in [1.54, 1.807) is 0 Å².